The summed E-state index contributed by atoms with van der Waals surface area (Å²) in [5.74, 6) is 1.40. The highest BCUT2D eigenvalue weighted by Gasteiger charge is 2.14. The molecular weight excluding hydrogens is 246 g/mol. The fourth-order valence-corrected chi connectivity index (χ4v) is 1.29. The molecule has 0 fully saturated rings. The first-order chi connectivity index (χ1) is 8.22. The number of alkyl halides is 1. The molecule has 0 atom stereocenters. The number of halogens is 1. The molecule has 94 valence electrons. The first-order valence-corrected chi connectivity index (χ1v) is 5.49. The van der Waals surface area contributed by atoms with Gasteiger partial charge in [0, 0.05) is 12.4 Å². The number of ether oxygens (including phenoxy) is 3. The van der Waals surface area contributed by atoms with E-state index in [4.69, 9.17) is 25.8 Å². The summed E-state index contributed by atoms with van der Waals surface area (Å²) < 4.78 is 15.3. The molecular formula is C11H14ClNO4. The van der Waals surface area contributed by atoms with E-state index in [1.807, 2.05) is 0 Å². The van der Waals surface area contributed by atoms with Crippen molar-refractivity contribution < 1.29 is 19.0 Å². The molecule has 0 radical (unpaired) electrons. The molecule has 0 saturated carbocycles. The Labute approximate surface area is 105 Å². The summed E-state index contributed by atoms with van der Waals surface area (Å²) in [4.78, 5) is 11.4. The molecule has 1 aromatic rings. The SMILES string of the molecule is COc1cccc(OC)c1OC(=O)NCCCl. The van der Waals surface area contributed by atoms with Gasteiger partial charge in [0.1, 0.15) is 0 Å². The Morgan fingerprint density at radius 3 is 2.35 bits per heavy atom. The van der Waals surface area contributed by atoms with Gasteiger partial charge in [-0.1, -0.05) is 6.07 Å². The Balaban J connectivity index is 2.83. The normalized spacial score (nSPS) is 9.59. The van der Waals surface area contributed by atoms with E-state index in [0.29, 0.717) is 23.9 Å². The number of hydrogen-bond acceptors (Lipinski definition) is 4. The van der Waals surface area contributed by atoms with E-state index in [2.05, 4.69) is 5.32 Å². The highest BCUT2D eigenvalue weighted by molar-refractivity contribution is 6.18. The Bertz CT molecular complexity index is 361. The van der Waals surface area contributed by atoms with Crippen LogP contribution in [0.2, 0.25) is 0 Å². The molecule has 1 N–H and O–H groups in total. The quantitative estimate of drug-likeness (QED) is 0.822. The van der Waals surface area contributed by atoms with Crippen LogP contribution in [0.15, 0.2) is 18.2 Å². The number of amides is 1. The molecule has 0 heterocycles. The summed E-state index contributed by atoms with van der Waals surface area (Å²) >= 11 is 5.45. The third kappa shape index (κ3) is 3.71. The van der Waals surface area contributed by atoms with Gasteiger partial charge in [0.15, 0.2) is 11.5 Å². The summed E-state index contributed by atoms with van der Waals surface area (Å²) in [6.07, 6.45) is -0.603. The molecule has 0 aromatic heterocycles. The Morgan fingerprint density at radius 1 is 1.29 bits per heavy atom. The van der Waals surface area contributed by atoms with Crippen LogP contribution in [0, 0.1) is 0 Å². The largest absolute Gasteiger partial charge is 0.493 e. The zero-order valence-electron chi connectivity index (χ0n) is 9.66. The minimum Gasteiger partial charge on any atom is -0.493 e. The van der Waals surface area contributed by atoms with Crippen molar-refractivity contribution in [2.24, 2.45) is 0 Å². The van der Waals surface area contributed by atoms with Gasteiger partial charge in [-0.3, -0.25) is 0 Å². The zero-order chi connectivity index (χ0) is 12.7. The molecule has 1 amide bonds. The standard InChI is InChI=1S/C11H14ClNO4/c1-15-8-4-3-5-9(16-2)10(8)17-11(14)13-7-6-12/h3-5H,6-7H2,1-2H3,(H,13,14). The fraction of sp³-hybridized carbons (Fsp3) is 0.364. The highest BCUT2D eigenvalue weighted by atomic mass is 35.5. The number of carbonyl (C=O) groups excluding carboxylic acids is 1. The average molecular weight is 260 g/mol. The van der Waals surface area contributed by atoms with E-state index in [9.17, 15) is 4.79 Å². The Kier molecular flexibility index (Phi) is 5.42. The van der Waals surface area contributed by atoms with E-state index in [-0.39, 0.29) is 5.75 Å². The van der Waals surface area contributed by atoms with E-state index in [1.54, 1.807) is 18.2 Å². The van der Waals surface area contributed by atoms with Crippen LogP contribution in [0.1, 0.15) is 0 Å². The minimum atomic E-state index is -0.603. The van der Waals surface area contributed by atoms with Crippen LogP contribution in [-0.2, 0) is 0 Å². The van der Waals surface area contributed by atoms with Crippen LogP contribution in [0.25, 0.3) is 0 Å². The maximum atomic E-state index is 11.4. The van der Waals surface area contributed by atoms with Crippen LogP contribution in [0.3, 0.4) is 0 Å². The highest BCUT2D eigenvalue weighted by Crippen LogP contribution is 2.36. The summed E-state index contributed by atoms with van der Waals surface area (Å²) in [7, 11) is 2.97. The number of nitrogens with one attached hydrogen (secondary N) is 1. The lowest BCUT2D eigenvalue weighted by atomic mass is 10.3. The molecule has 17 heavy (non-hydrogen) atoms. The van der Waals surface area contributed by atoms with E-state index >= 15 is 0 Å². The second-order valence-corrected chi connectivity index (χ2v) is 3.37. The van der Waals surface area contributed by atoms with Crippen molar-refractivity contribution in [2.45, 2.75) is 0 Å². The lowest BCUT2D eigenvalue weighted by molar-refractivity contribution is 0.196. The lowest BCUT2D eigenvalue weighted by Gasteiger charge is -2.12. The van der Waals surface area contributed by atoms with Crippen molar-refractivity contribution in [2.75, 3.05) is 26.6 Å². The van der Waals surface area contributed by atoms with Gasteiger partial charge in [-0.25, -0.2) is 4.79 Å². The summed E-state index contributed by atoms with van der Waals surface area (Å²) in [6.45, 7) is 0.331. The molecule has 0 spiro atoms. The molecule has 5 nitrogen and oxygen atoms in total. The van der Waals surface area contributed by atoms with Crippen molar-refractivity contribution in [3.63, 3.8) is 0 Å². The number of rotatable bonds is 5. The predicted octanol–water partition coefficient (Wildman–Crippen LogP) is 2.03. The first kappa shape index (κ1) is 13.4. The van der Waals surface area contributed by atoms with Gasteiger partial charge in [-0.2, -0.15) is 0 Å². The number of methoxy groups -OCH3 is 2. The Hall–Kier alpha value is -1.62. The topological polar surface area (TPSA) is 56.8 Å². The molecule has 0 aliphatic carbocycles. The van der Waals surface area contributed by atoms with Crippen LogP contribution in [0.5, 0.6) is 17.2 Å². The maximum Gasteiger partial charge on any atom is 0.412 e. The molecule has 0 aliphatic rings. The molecule has 0 bridgehead atoms. The molecule has 0 saturated heterocycles. The van der Waals surface area contributed by atoms with Crippen molar-refractivity contribution in [3.8, 4) is 17.2 Å². The molecule has 0 aliphatic heterocycles. The van der Waals surface area contributed by atoms with Gasteiger partial charge < -0.3 is 19.5 Å². The second-order valence-electron chi connectivity index (χ2n) is 3.00. The summed E-state index contributed by atoms with van der Waals surface area (Å²) in [5, 5.41) is 2.48. The summed E-state index contributed by atoms with van der Waals surface area (Å²) in [6, 6.07) is 5.08. The van der Waals surface area contributed by atoms with Crippen molar-refractivity contribution >= 4 is 17.7 Å². The van der Waals surface area contributed by atoms with Crippen molar-refractivity contribution in [1.29, 1.82) is 0 Å². The third-order valence-electron chi connectivity index (χ3n) is 1.94. The van der Waals surface area contributed by atoms with Gasteiger partial charge in [0.05, 0.1) is 14.2 Å². The third-order valence-corrected chi connectivity index (χ3v) is 2.13. The molecule has 1 rings (SSSR count). The van der Waals surface area contributed by atoms with Crippen LogP contribution < -0.4 is 19.5 Å². The smallest absolute Gasteiger partial charge is 0.412 e. The molecule has 1 aromatic carbocycles. The second kappa shape index (κ2) is 6.85. The minimum absolute atomic E-state index is 0.240. The van der Waals surface area contributed by atoms with E-state index in [1.165, 1.54) is 14.2 Å². The fourth-order valence-electron chi connectivity index (χ4n) is 1.20. The number of benzene rings is 1. The van der Waals surface area contributed by atoms with Gasteiger partial charge in [0.25, 0.3) is 0 Å². The number of carbonyl (C=O) groups is 1. The van der Waals surface area contributed by atoms with Gasteiger partial charge in [-0.15, -0.1) is 11.6 Å². The summed E-state index contributed by atoms with van der Waals surface area (Å²) in [5.41, 5.74) is 0. The van der Waals surface area contributed by atoms with Crippen LogP contribution >= 0.6 is 11.6 Å². The monoisotopic (exact) mass is 259 g/mol. The number of hydrogen-bond donors (Lipinski definition) is 1. The van der Waals surface area contributed by atoms with Gasteiger partial charge in [-0.05, 0) is 12.1 Å². The van der Waals surface area contributed by atoms with E-state index < -0.39 is 6.09 Å². The van der Waals surface area contributed by atoms with Crippen molar-refractivity contribution in [1.82, 2.24) is 5.32 Å². The zero-order valence-corrected chi connectivity index (χ0v) is 10.4. The van der Waals surface area contributed by atoms with E-state index in [0.717, 1.165) is 0 Å². The average Bonchev–Trinajstić information content (AvgIpc) is 2.36. The van der Waals surface area contributed by atoms with Crippen LogP contribution in [-0.4, -0.2) is 32.7 Å². The van der Waals surface area contributed by atoms with Gasteiger partial charge in [0.2, 0.25) is 5.75 Å². The maximum absolute atomic E-state index is 11.4. The predicted molar refractivity (Wildman–Crippen MR) is 64.3 cm³/mol. The van der Waals surface area contributed by atoms with Crippen LogP contribution in [0.4, 0.5) is 4.79 Å². The molecule has 6 heteroatoms. The lowest BCUT2D eigenvalue weighted by Crippen LogP contribution is -2.28. The Morgan fingerprint density at radius 2 is 1.88 bits per heavy atom. The van der Waals surface area contributed by atoms with Crippen molar-refractivity contribution in [3.05, 3.63) is 18.2 Å². The first-order valence-electron chi connectivity index (χ1n) is 4.95. The number of para-hydroxylation sites is 1. The molecule has 0 unspecified atom stereocenters. The van der Waals surface area contributed by atoms with Gasteiger partial charge >= 0.3 is 6.09 Å².